The minimum Gasteiger partial charge on any atom is -0.497 e. The molecule has 11 heteroatoms. The van der Waals surface area contributed by atoms with Gasteiger partial charge < -0.3 is 14.8 Å². The molecule has 0 amide bonds. The molecule has 2 aromatic heterocycles. The van der Waals surface area contributed by atoms with Gasteiger partial charge in [0.2, 0.25) is 0 Å². The molecule has 0 unspecified atom stereocenters. The van der Waals surface area contributed by atoms with E-state index >= 15 is 0 Å². The number of methoxy groups -OCH3 is 2. The topological polar surface area (TPSA) is 120 Å². The number of rotatable bonds is 8. The second-order valence-electron chi connectivity index (χ2n) is 8.84. The van der Waals surface area contributed by atoms with Crippen LogP contribution in [-0.4, -0.2) is 42.4 Å². The quantitative estimate of drug-likeness (QED) is 0.254. The number of sulfonamides is 1. The highest BCUT2D eigenvalue weighted by Gasteiger charge is 2.20. The van der Waals surface area contributed by atoms with E-state index in [1.165, 1.54) is 13.2 Å². The molecule has 0 aliphatic heterocycles. The van der Waals surface area contributed by atoms with E-state index < -0.39 is 10.0 Å². The average molecular weight is 553 g/mol. The highest BCUT2D eigenvalue weighted by molar-refractivity contribution is 7.92. The predicted octanol–water partition coefficient (Wildman–Crippen LogP) is 5.51. The van der Waals surface area contributed by atoms with Gasteiger partial charge in [-0.15, -0.1) is 15.3 Å². The third-order valence-corrected chi connectivity index (χ3v) is 7.77. The van der Waals surface area contributed by atoms with Gasteiger partial charge in [-0.25, -0.2) is 8.42 Å². The van der Waals surface area contributed by atoms with Crippen LogP contribution in [0.2, 0.25) is 0 Å². The summed E-state index contributed by atoms with van der Waals surface area (Å²) >= 11 is 0. The molecule has 6 aromatic rings. The van der Waals surface area contributed by atoms with Crippen molar-refractivity contribution in [3.8, 4) is 22.9 Å². The molecule has 0 radical (unpaired) electrons. The van der Waals surface area contributed by atoms with E-state index in [1.54, 1.807) is 48.0 Å². The number of ether oxygens (including phenoxy) is 2. The molecule has 0 saturated heterocycles. The summed E-state index contributed by atoms with van der Waals surface area (Å²) in [6.45, 7) is 0. The molecule has 0 aliphatic carbocycles. The van der Waals surface area contributed by atoms with Gasteiger partial charge in [0.1, 0.15) is 16.4 Å². The largest absolute Gasteiger partial charge is 0.497 e. The lowest BCUT2D eigenvalue weighted by atomic mass is 10.1. The summed E-state index contributed by atoms with van der Waals surface area (Å²) in [5.41, 5.74) is 2.46. The van der Waals surface area contributed by atoms with Crippen LogP contribution in [0.1, 0.15) is 0 Å². The monoisotopic (exact) mass is 552 g/mol. The molecule has 0 fully saturated rings. The highest BCUT2D eigenvalue weighted by Crippen LogP contribution is 2.31. The van der Waals surface area contributed by atoms with E-state index in [4.69, 9.17) is 14.6 Å². The van der Waals surface area contributed by atoms with E-state index in [1.807, 2.05) is 54.6 Å². The molecular formula is C29H24N6O4S. The molecule has 40 heavy (non-hydrogen) atoms. The van der Waals surface area contributed by atoms with Crippen LogP contribution in [0.25, 0.3) is 27.8 Å². The normalized spacial score (nSPS) is 11.4. The lowest BCUT2D eigenvalue weighted by Crippen LogP contribution is -2.14. The third-order valence-electron chi connectivity index (χ3n) is 6.35. The van der Waals surface area contributed by atoms with Crippen LogP contribution >= 0.6 is 0 Å². The van der Waals surface area contributed by atoms with Crippen molar-refractivity contribution in [2.75, 3.05) is 24.3 Å². The van der Waals surface area contributed by atoms with Crippen molar-refractivity contribution in [2.45, 2.75) is 4.90 Å². The number of fused-ring (bicyclic) bond motifs is 3. The van der Waals surface area contributed by atoms with Crippen LogP contribution in [0, 0.1) is 0 Å². The van der Waals surface area contributed by atoms with Gasteiger partial charge in [-0.2, -0.15) is 4.52 Å². The first kappa shape index (κ1) is 25.1. The standard InChI is InChI=1S/C29H24N6O4S/c1-38-22-16-14-19(15-17-22)28-31-32-29-24-11-4-3-10-23(24)27(33-35(28)29)30-20-8-7-9-21(18-20)34-40(36,37)26-13-6-5-12-25(26)39-2/h3-18,34H,1-2H3,(H,30,33). The minimum atomic E-state index is -3.89. The number of hydrogen-bond acceptors (Lipinski definition) is 8. The van der Waals surface area contributed by atoms with Crippen LogP contribution in [-0.2, 0) is 10.0 Å². The molecule has 200 valence electrons. The fraction of sp³-hybridized carbons (Fsp3) is 0.0690. The first-order chi connectivity index (χ1) is 19.5. The van der Waals surface area contributed by atoms with E-state index in [0.717, 1.165) is 22.1 Å². The van der Waals surface area contributed by atoms with Gasteiger partial charge in [-0.3, -0.25) is 4.72 Å². The maximum absolute atomic E-state index is 13.1. The van der Waals surface area contributed by atoms with Crippen molar-refractivity contribution < 1.29 is 17.9 Å². The molecule has 0 atom stereocenters. The van der Waals surface area contributed by atoms with Crippen LogP contribution in [0.15, 0.2) is 102 Å². The summed E-state index contributed by atoms with van der Waals surface area (Å²) < 4.78 is 41.1. The zero-order chi connectivity index (χ0) is 27.7. The number of anilines is 3. The number of nitrogens with zero attached hydrogens (tertiary/aromatic N) is 4. The number of hydrogen-bond donors (Lipinski definition) is 2. The molecule has 0 saturated carbocycles. The van der Waals surface area contributed by atoms with E-state index in [2.05, 4.69) is 20.2 Å². The Hall–Kier alpha value is -5.16. The van der Waals surface area contributed by atoms with Crippen molar-refractivity contribution in [1.29, 1.82) is 0 Å². The van der Waals surface area contributed by atoms with Crippen LogP contribution in [0.3, 0.4) is 0 Å². The zero-order valence-electron chi connectivity index (χ0n) is 21.6. The van der Waals surface area contributed by atoms with E-state index in [9.17, 15) is 8.42 Å². The number of nitrogens with one attached hydrogen (secondary N) is 2. The van der Waals surface area contributed by atoms with E-state index in [0.29, 0.717) is 28.7 Å². The van der Waals surface area contributed by atoms with Crippen molar-refractivity contribution >= 4 is 43.6 Å². The minimum absolute atomic E-state index is 0.0487. The predicted molar refractivity (Wildman–Crippen MR) is 154 cm³/mol. The molecule has 10 nitrogen and oxygen atoms in total. The summed E-state index contributed by atoms with van der Waals surface area (Å²) in [5, 5.41) is 18.7. The van der Waals surface area contributed by atoms with Crippen LogP contribution < -0.4 is 19.5 Å². The van der Waals surface area contributed by atoms with Gasteiger partial charge in [0.15, 0.2) is 17.3 Å². The van der Waals surface area contributed by atoms with Gasteiger partial charge in [0, 0.05) is 22.0 Å². The Morgan fingerprint density at radius 1 is 0.750 bits per heavy atom. The summed E-state index contributed by atoms with van der Waals surface area (Å²) in [4.78, 5) is 0.0487. The fourth-order valence-corrected chi connectivity index (χ4v) is 5.66. The number of benzene rings is 4. The number of aromatic nitrogens is 4. The van der Waals surface area contributed by atoms with Gasteiger partial charge >= 0.3 is 0 Å². The molecule has 2 heterocycles. The molecule has 2 N–H and O–H groups in total. The first-order valence-corrected chi connectivity index (χ1v) is 13.8. The second kappa shape index (κ2) is 10.2. The highest BCUT2D eigenvalue weighted by atomic mass is 32.2. The summed E-state index contributed by atoms with van der Waals surface area (Å²) in [7, 11) is -0.841. The molecule has 0 spiro atoms. The van der Waals surface area contributed by atoms with Gasteiger partial charge in [0.05, 0.1) is 19.9 Å². The lowest BCUT2D eigenvalue weighted by Gasteiger charge is -2.14. The Morgan fingerprint density at radius 2 is 1.48 bits per heavy atom. The molecule has 0 aliphatic rings. The zero-order valence-corrected chi connectivity index (χ0v) is 22.4. The van der Waals surface area contributed by atoms with Gasteiger partial charge in [-0.1, -0.05) is 42.5 Å². The molecule has 4 aromatic carbocycles. The SMILES string of the molecule is COc1ccc(-c2nnc3c4ccccc4c(Nc4cccc(NS(=O)(=O)c5ccccc5OC)c4)nn23)cc1. The summed E-state index contributed by atoms with van der Waals surface area (Å²) in [5.74, 6) is 2.13. The van der Waals surface area contributed by atoms with Crippen molar-refractivity contribution in [3.05, 3.63) is 97.1 Å². The maximum atomic E-state index is 13.1. The molecule has 6 rings (SSSR count). The van der Waals surface area contributed by atoms with E-state index in [-0.39, 0.29) is 10.6 Å². The average Bonchev–Trinajstić information content (AvgIpc) is 3.41. The van der Waals surface area contributed by atoms with Crippen molar-refractivity contribution in [2.24, 2.45) is 0 Å². The third kappa shape index (κ3) is 4.63. The van der Waals surface area contributed by atoms with Crippen molar-refractivity contribution in [3.63, 3.8) is 0 Å². The first-order valence-electron chi connectivity index (χ1n) is 12.3. The Balaban J connectivity index is 1.38. The fourth-order valence-electron chi connectivity index (χ4n) is 4.44. The Bertz CT molecular complexity index is 1960. The van der Waals surface area contributed by atoms with Gasteiger partial charge in [0.25, 0.3) is 10.0 Å². The lowest BCUT2D eigenvalue weighted by molar-refractivity contribution is 0.403. The smallest absolute Gasteiger partial charge is 0.265 e. The Morgan fingerprint density at radius 3 is 2.25 bits per heavy atom. The van der Waals surface area contributed by atoms with Crippen LogP contribution in [0.4, 0.5) is 17.2 Å². The number of para-hydroxylation sites is 1. The van der Waals surface area contributed by atoms with Gasteiger partial charge in [-0.05, 0) is 54.6 Å². The van der Waals surface area contributed by atoms with Crippen LogP contribution in [0.5, 0.6) is 11.5 Å². The Labute approximate surface area is 230 Å². The summed E-state index contributed by atoms with van der Waals surface area (Å²) in [6.07, 6.45) is 0. The summed E-state index contributed by atoms with van der Waals surface area (Å²) in [6, 6.07) is 28.7. The van der Waals surface area contributed by atoms with Crippen molar-refractivity contribution in [1.82, 2.24) is 19.8 Å². The molecule has 0 bridgehead atoms. The maximum Gasteiger partial charge on any atom is 0.265 e. The molecular weight excluding hydrogens is 528 g/mol. The second-order valence-corrected chi connectivity index (χ2v) is 10.5. The Kier molecular flexibility index (Phi) is 6.40.